The first-order chi connectivity index (χ1) is 13.0. The van der Waals surface area contributed by atoms with E-state index < -0.39 is 0 Å². The third-order valence-electron chi connectivity index (χ3n) is 4.43. The van der Waals surface area contributed by atoms with Crippen molar-refractivity contribution in [3.63, 3.8) is 0 Å². The minimum absolute atomic E-state index is 0.0945. The van der Waals surface area contributed by atoms with Crippen molar-refractivity contribution >= 4 is 29.7 Å². The number of amides is 1. The molecule has 2 N–H and O–H groups in total. The number of nitrogens with zero attached hydrogens (tertiary/aromatic N) is 2. The summed E-state index contributed by atoms with van der Waals surface area (Å²) in [6, 6.07) is 17.5. The Labute approximate surface area is 168 Å². The van der Waals surface area contributed by atoms with Gasteiger partial charge in [-0.1, -0.05) is 48.9 Å². The van der Waals surface area contributed by atoms with Crippen LogP contribution in [0.5, 0.6) is 0 Å². The van der Waals surface area contributed by atoms with Crippen LogP contribution in [0.1, 0.15) is 24.8 Å². The van der Waals surface area contributed by atoms with Crippen LogP contribution >= 0.6 is 23.8 Å². The third-order valence-corrected chi connectivity index (χ3v) is 4.99. The highest BCUT2D eigenvalue weighted by molar-refractivity contribution is 7.71. The number of nitrogens with one attached hydrogen (secondary N) is 2. The van der Waals surface area contributed by atoms with E-state index in [0.717, 1.165) is 12.0 Å². The van der Waals surface area contributed by atoms with Gasteiger partial charge in [0.05, 0.1) is 0 Å². The highest BCUT2D eigenvalue weighted by atomic mass is 35.5. The largest absolute Gasteiger partial charge is 0.355 e. The summed E-state index contributed by atoms with van der Waals surface area (Å²) >= 11 is 11.2. The predicted molar refractivity (Wildman–Crippen MR) is 110 cm³/mol. The maximum atomic E-state index is 12.4. The molecule has 0 spiro atoms. The van der Waals surface area contributed by atoms with Crippen LogP contribution in [-0.4, -0.2) is 27.2 Å². The van der Waals surface area contributed by atoms with E-state index in [0.29, 0.717) is 28.1 Å². The quantitative estimate of drug-likeness (QED) is 0.571. The van der Waals surface area contributed by atoms with Crippen molar-refractivity contribution in [1.29, 1.82) is 0 Å². The fraction of sp³-hybridized carbons (Fsp3) is 0.250. The van der Waals surface area contributed by atoms with E-state index in [-0.39, 0.29) is 12.5 Å². The molecule has 0 aliphatic rings. The van der Waals surface area contributed by atoms with Gasteiger partial charge in [0.15, 0.2) is 10.6 Å². The van der Waals surface area contributed by atoms with Crippen LogP contribution in [0.25, 0.3) is 11.4 Å². The van der Waals surface area contributed by atoms with Gasteiger partial charge >= 0.3 is 0 Å². The van der Waals surface area contributed by atoms with Crippen molar-refractivity contribution in [3.8, 4) is 11.4 Å². The summed E-state index contributed by atoms with van der Waals surface area (Å²) in [4.78, 5) is 12.4. The molecule has 3 aromatic rings. The van der Waals surface area contributed by atoms with Gasteiger partial charge in [0.2, 0.25) is 5.91 Å². The van der Waals surface area contributed by atoms with E-state index in [1.165, 1.54) is 5.56 Å². The number of carbonyl (C=O) groups excluding carboxylic acids is 1. The molecule has 0 aliphatic heterocycles. The zero-order valence-electron chi connectivity index (χ0n) is 15.0. The topological polar surface area (TPSA) is 62.7 Å². The van der Waals surface area contributed by atoms with Crippen LogP contribution in [-0.2, 0) is 11.3 Å². The van der Waals surface area contributed by atoms with Gasteiger partial charge in [-0.3, -0.25) is 14.5 Å². The normalized spacial score (nSPS) is 11.9. The average molecular weight is 401 g/mol. The average Bonchev–Trinajstić information content (AvgIpc) is 3.03. The molecule has 0 saturated carbocycles. The van der Waals surface area contributed by atoms with Gasteiger partial charge in [-0.05, 0) is 54.4 Å². The molecule has 0 aliphatic carbocycles. The molecule has 1 amide bonds. The summed E-state index contributed by atoms with van der Waals surface area (Å²) in [6.45, 7) is 2.88. The Morgan fingerprint density at radius 1 is 1.22 bits per heavy atom. The first-order valence-electron chi connectivity index (χ1n) is 8.77. The molecular weight excluding hydrogens is 380 g/mol. The van der Waals surface area contributed by atoms with Crippen molar-refractivity contribution in [2.75, 3.05) is 6.54 Å². The number of hydrogen-bond acceptors (Lipinski definition) is 3. The van der Waals surface area contributed by atoms with Gasteiger partial charge in [-0.25, -0.2) is 0 Å². The molecule has 0 saturated heterocycles. The SMILES string of the molecule is CC(CCNC(=O)Cn1c(-c2ccc(Cl)cc2)n[nH]c1=S)c1ccccc1. The molecule has 0 bridgehead atoms. The standard InChI is InChI=1S/C20H21ClN4OS/c1-14(15-5-3-2-4-6-15)11-12-22-18(26)13-25-19(23-24-20(25)27)16-7-9-17(21)10-8-16/h2-10,14H,11-13H2,1H3,(H,22,26)(H,24,27). The molecule has 2 aromatic carbocycles. The van der Waals surface area contributed by atoms with Crippen molar-refractivity contribution < 1.29 is 4.79 Å². The van der Waals surface area contributed by atoms with Gasteiger partial charge in [0, 0.05) is 17.1 Å². The number of aromatic nitrogens is 3. The lowest BCUT2D eigenvalue weighted by atomic mass is 9.98. The lowest BCUT2D eigenvalue weighted by molar-refractivity contribution is -0.121. The van der Waals surface area contributed by atoms with Crippen LogP contribution in [0, 0.1) is 4.77 Å². The molecule has 7 heteroatoms. The minimum Gasteiger partial charge on any atom is -0.355 e. The van der Waals surface area contributed by atoms with Crippen molar-refractivity contribution in [1.82, 2.24) is 20.1 Å². The molecule has 140 valence electrons. The smallest absolute Gasteiger partial charge is 0.240 e. The number of rotatable bonds is 7. The Kier molecular flexibility index (Phi) is 6.42. The Morgan fingerprint density at radius 3 is 2.63 bits per heavy atom. The van der Waals surface area contributed by atoms with E-state index in [1.54, 1.807) is 16.7 Å². The molecule has 27 heavy (non-hydrogen) atoms. The second-order valence-electron chi connectivity index (χ2n) is 6.40. The molecule has 1 aromatic heterocycles. The monoisotopic (exact) mass is 400 g/mol. The first kappa shape index (κ1) is 19.3. The summed E-state index contributed by atoms with van der Waals surface area (Å²) in [5, 5.41) is 10.6. The molecule has 5 nitrogen and oxygen atoms in total. The summed E-state index contributed by atoms with van der Waals surface area (Å²) in [5.41, 5.74) is 2.12. The predicted octanol–water partition coefficient (Wildman–Crippen LogP) is 4.57. The van der Waals surface area contributed by atoms with E-state index in [2.05, 4.69) is 34.6 Å². The lowest BCUT2D eigenvalue weighted by Gasteiger charge is -2.13. The van der Waals surface area contributed by atoms with Crippen LogP contribution in [0.15, 0.2) is 54.6 Å². The van der Waals surface area contributed by atoms with Gasteiger partial charge < -0.3 is 5.32 Å². The van der Waals surface area contributed by atoms with Crippen molar-refractivity contribution in [3.05, 3.63) is 70.0 Å². The molecule has 1 atom stereocenters. The van der Waals surface area contributed by atoms with Crippen LogP contribution < -0.4 is 5.32 Å². The second kappa shape index (κ2) is 8.97. The van der Waals surface area contributed by atoms with Crippen LogP contribution in [0.4, 0.5) is 0 Å². The number of halogens is 1. The zero-order chi connectivity index (χ0) is 19.2. The highest BCUT2D eigenvalue weighted by Crippen LogP contribution is 2.20. The highest BCUT2D eigenvalue weighted by Gasteiger charge is 2.13. The molecular formula is C20H21ClN4OS. The molecule has 1 unspecified atom stereocenters. The van der Waals surface area contributed by atoms with E-state index in [1.807, 2.05) is 30.3 Å². The zero-order valence-corrected chi connectivity index (χ0v) is 16.6. The molecule has 1 heterocycles. The third kappa shape index (κ3) is 5.05. The summed E-state index contributed by atoms with van der Waals surface area (Å²) in [7, 11) is 0. The summed E-state index contributed by atoms with van der Waals surface area (Å²) in [6.07, 6.45) is 0.872. The van der Waals surface area contributed by atoms with Gasteiger partial charge in [-0.2, -0.15) is 5.10 Å². The Morgan fingerprint density at radius 2 is 1.93 bits per heavy atom. The fourth-order valence-corrected chi connectivity index (χ4v) is 3.18. The van der Waals surface area contributed by atoms with Crippen molar-refractivity contribution in [2.45, 2.75) is 25.8 Å². The van der Waals surface area contributed by atoms with E-state index in [9.17, 15) is 4.79 Å². The van der Waals surface area contributed by atoms with Crippen LogP contribution in [0.3, 0.4) is 0 Å². The molecule has 0 radical (unpaired) electrons. The van der Waals surface area contributed by atoms with Gasteiger partial charge in [-0.15, -0.1) is 0 Å². The number of carbonyl (C=O) groups is 1. The van der Waals surface area contributed by atoms with Gasteiger partial charge in [0.25, 0.3) is 0 Å². The Bertz CT molecular complexity index is 950. The lowest BCUT2D eigenvalue weighted by Crippen LogP contribution is -2.29. The first-order valence-corrected chi connectivity index (χ1v) is 9.56. The number of benzene rings is 2. The second-order valence-corrected chi connectivity index (χ2v) is 7.22. The van der Waals surface area contributed by atoms with Crippen LogP contribution in [0.2, 0.25) is 5.02 Å². The number of hydrogen-bond donors (Lipinski definition) is 2. The maximum absolute atomic E-state index is 12.4. The number of H-pyrrole nitrogens is 1. The van der Waals surface area contributed by atoms with Gasteiger partial charge in [0.1, 0.15) is 6.54 Å². The summed E-state index contributed by atoms with van der Waals surface area (Å²) in [5.74, 6) is 0.902. The van der Waals surface area contributed by atoms with E-state index >= 15 is 0 Å². The Balaban J connectivity index is 1.59. The van der Waals surface area contributed by atoms with Crippen molar-refractivity contribution in [2.24, 2.45) is 0 Å². The number of aromatic amines is 1. The van der Waals surface area contributed by atoms with E-state index in [4.69, 9.17) is 23.8 Å². The molecule has 3 rings (SSSR count). The molecule has 0 fully saturated rings. The fourth-order valence-electron chi connectivity index (χ4n) is 2.86. The minimum atomic E-state index is -0.0945. The Hall–Kier alpha value is -2.44. The summed E-state index contributed by atoms with van der Waals surface area (Å²) < 4.78 is 2.10. The maximum Gasteiger partial charge on any atom is 0.240 e.